The van der Waals surface area contributed by atoms with Crippen LogP contribution in [0.3, 0.4) is 0 Å². The highest BCUT2D eigenvalue weighted by Gasteiger charge is 2.26. The van der Waals surface area contributed by atoms with Crippen molar-refractivity contribution in [2.24, 2.45) is 5.92 Å². The van der Waals surface area contributed by atoms with Gasteiger partial charge >= 0.3 is 0 Å². The maximum atomic E-state index is 9.93. The Bertz CT molecular complexity index is 469. The number of rotatable bonds is 7. The summed E-state index contributed by atoms with van der Waals surface area (Å²) in [6, 6.07) is 9.15. The van der Waals surface area contributed by atoms with Crippen molar-refractivity contribution in [2.75, 3.05) is 19.8 Å². The van der Waals surface area contributed by atoms with Crippen LogP contribution in [0.5, 0.6) is 5.75 Å². The van der Waals surface area contributed by atoms with Crippen molar-refractivity contribution in [3.05, 3.63) is 29.8 Å². The third-order valence-corrected chi connectivity index (χ3v) is 3.94. The topological polar surface area (TPSA) is 85.5 Å². The largest absolute Gasteiger partial charge is 0.491 e. The smallest absolute Gasteiger partial charge is 0.119 e. The fraction of sp³-hybridized carbons (Fsp3) is 0.562. The Labute approximate surface area is 125 Å². The highest BCUT2D eigenvalue weighted by Crippen LogP contribution is 2.24. The van der Waals surface area contributed by atoms with Crippen molar-refractivity contribution < 1.29 is 14.9 Å². The molecule has 0 aliphatic heterocycles. The molecule has 0 saturated heterocycles. The molecule has 0 bridgehead atoms. The van der Waals surface area contributed by atoms with Crippen molar-refractivity contribution >= 4 is 0 Å². The molecule has 0 amide bonds. The molecule has 1 saturated carbocycles. The van der Waals surface area contributed by atoms with Gasteiger partial charge in [-0.25, -0.2) is 0 Å². The van der Waals surface area contributed by atoms with E-state index in [-0.39, 0.29) is 13.2 Å². The quantitative estimate of drug-likeness (QED) is 0.699. The van der Waals surface area contributed by atoms with Crippen LogP contribution < -0.4 is 10.1 Å². The fourth-order valence-corrected chi connectivity index (χ4v) is 2.69. The van der Waals surface area contributed by atoms with Crippen LogP contribution in [0.15, 0.2) is 24.3 Å². The van der Waals surface area contributed by atoms with Gasteiger partial charge in [-0.2, -0.15) is 5.26 Å². The van der Waals surface area contributed by atoms with Crippen molar-refractivity contribution in [2.45, 2.75) is 31.4 Å². The zero-order chi connectivity index (χ0) is 15.1. The predicted molar refractivity (Wildman–Crippen MR) is 78.9 cm³/mol. The average Bonchev–Trinajstić information content (AvgIpc) is 2.99. The van der Waals surface area contributed by atoms with Gasteiger partial charge in [-0.1, -0.05) is 6.42 Å². The summed E-state index contributed by atoms with van der Waals surface area (Å²) in [6.45, 7) is 0.863. The fourth-order valence-electron chi connectivity index (χ4n) is 2.69. The normalized spacial score (nSPS) is 22.7. The summed E-state index contributed by atoms with van der Waals surface area (Å²) in [5.74, 6) is 0.943. The minimum atomic E-state index is -0.597. The third-order valence-electron chi connectivity index (χ3n) is 3.94. The van der Waals surface area contributed by atoms with Gasteiger partial charge in [-0.3, -0.25) is 0 Å². The molecule has 2 rings (SSSR count). The first-order chi connectivity index (χ1) is 10.2. The lowest BCUT2D eigenvalue weighted by Gasteiger charge is -2.21. The van der Waals surface area contributed by atoms with E-state index >= 15 is 0 Å². The maximum absolute atomic E-state index is 9.93. The molecule has 3 atom stereocenters. The number of hydrogen-bond acceptors (Lipinski definition) is 5. The predicted octanol–water partition coefficient (Wildman–Crippen LogP) is 1.05. The summed E-state index contributed by atoms with van der Waals surface area (Å²) in [7, 11) is 0. The molecule has 1 aromatic rings. The summed E-state index contributed by atoms with van der Waals surface area (Å²) in [4.78, 5) is 0. The lowest BCUT2D eigenvalue weighted by molar-refractivity contribution is 0.0992. The third kappa shape index (κ3) is 4.71. The SMILES string of the molecule is N#Cc1ccc(OCC(O)CNC2CCCC2CO)cc1. The van der Waals surface area contributed by atoms with Crippen LogP contribution in [0, 0.1) is 17.2 Å². The minimum absolute atomic E-state index is 0.204. The molecule has 0 radical (unpaired) electrons. The van der Waals surface area contributed by atoms with E-state index in [4.69, 9.17) is 10.00 Å². The van der Waals surface area contributed by atoms with Crippen LogP contribution in [-0.2, 0) is 0 Å². The van der Waals surface area contributed by atoms with Gasteiger partial charge in [0, 0.05) is 19.2 Å². The molecule has 1 aliphatic carbocycles. The van der Waals surface area contributed by atoms with E-state index in [1.54, 1.807) is 24.3 Å². The van der Waals surface area contributed by atoms with E-state index in [2.05, 4.69) is 5.32 Å². The zero-order valence-electron chi connectivity index (χ0n) is 12.0. The van der Waals surface area contributed by atoms with Crippen LogP contribution >= 0.6 is 0 Å². The Morgan fingerprint density at radius 1 is 1.33 bits per heavy atom. The maximum Gasteiger partial charge on any atom is 0.119 e. The molecule has 5 nitrogen and oxygen atoms in total. The Morgan fingerprint density at radius 2 is 2.10 bits per heavy atom. The highest BCUT2D eigenvalue weighted by molar-refractivity contribution is 5.34. The molecule has 0 aromatic heterocycles. The van der Waals surface area contributed by atoms with Crippen molar-refractivity contribution in [3.8, 4) is 11.8 Å². The number of ether oxygens (including phenoxy) is 1. The van der Waals surface area contributed by atoms with E-state index in [1.807, 2.05) is 6.07 Å². The highest BCUT2D eigenvalue weighted by atomic mass is 16.5. The summed E-state index contributed by atoms with van der Waals surface area (Å²) in [6.07, 6.45) is 2.63. The first kappa shape index (κ1) is 15.8. The molecule has 114 valence electrons. The Morgan fingerprint density at radius 3 is 2.76 bits per heavy atom. The van der Waals surface area contributed by atoms with Gasteiger partial charge in [0.2, 0.25) is 0 Å². The molecule has 3 unspecified atom stereocenters. The number of benzene rings is 1. The Balaban J connectivity index is 1.69. The van der Waals surface area contributed by atoms with Crippen molar-refractivity contribution in [1.82, 2.24) is 5.32 Å². The molecular weight excluding hydrogens is 268 g/mol. The van der Waals surface area contributed by atoms with E-state index in [9.17, 15) is 10.2 Å². The Hall–Kier alpha value is -1.61. The second-order valence-corrected chi connectivity index (χ2v) is 5.49. The molecule has 1 aromatic carbocycles. The number of nitrogens with zero attached hydrogens (tertiary/aromatic N) is 1. The van der Waals surface area contributed by atoms with Gasteiger partial charge < -0.3 is 20.3 Å². The number of aliphatic hydroxyl groups excluding tert-OH is 2. The second kappa shape index (κ2) is 7.99. The summed E-state index contributed by atoms with van der Waals surface area (Å²) in [5.41, 5.74) is 0.584. The van der Waals surface area contributed by atoms with Crippen LogP contribution in [0.2, 0.25) is 0 Å². The first-order valence-corrected chi connectivity index (χ1v) is 7.38. The summed E-state index contributed by atoms with van der Waals surface area (Å²) < 4.78 is 5.49. The number of nitrogens with one attached hydrogen (secondary N) is 1. The number of hydrogen-bond donors (Lipinski definition) is 3. The van der Waals surface area contributed by atoms with Crippen LogP contribution in [0.25, 0.3) is 0 Å². The molecule has 0 heterocycles. The molecule has 0 spiro atoms. The van der Waals surface area contributed by atoms with E-state index in [0.717, 1.165) is 19.3 Å². The van der Waals surface area contributed by atoms with Gasteiger partial charge in [0.25, 0.3) is 0 Å². The van der Waals surface area contributed by atoms with Crippen LogP contribution in [-0.4, -0.2) is 42.1 Å². The van der Waals surface area contributed by atoms with E-state index in [1.165, 1.54) is 0 Å². The zero-order valence-corrected chi connectivity index (χ0v) is 12.0. The Kier molecular flexibility index (Phi) is 6.00. The second-order valence-electron chi connectivity index (χ2n) is 5.49. The van der Waals surface area contributed by atoms with E-state index in [0.29, 0.717) is 29.8 Å². The lowest BCUT2D eigenvalue weighted by Crippen LogP contribution is -2.40. The standard InChI is InChI=1S/C16H22N2O3/c17-8-12-4-6-15(7-5-12)21-11-14(20)9-18-16-3-1-2-13(16)10-19/h4-7,13-14,16,18-20H,1-3,9-11H2. The van der Waals surface area contributed by atoms with Gasteiger partial charge in [-0.15, -0.1) is 0 Å². The van der Waals surface area contributed by atoms with Gasteiger partial charge in [0.05, 0.1) is 11.6 Å². The van der Waals surface area contributed by atoms with Gasteiger partial charge in [0.1, 0.15) is 18.5 Å². The van der Waals surface area contributed by atoms with Gasteiger partial charge in [0.15, 0.2) is 0 Å². The number of aliphatic hydroxyl groups is 2. The molecule has 1 fully saturated rings. The molecule has 3 N–H and O–H groups in total. The van der Waals surface area contributed by atoms with Crippen molar-refractivity contribution in [1.29, 1.82) is 5.26 Å². The summed E-state index contributed by atoms with van der Waals surface area (Å²) >= 11 is 0. The first-order valence-electron chi connectivity index (χ1n) is 7.38. The van der Waals surface area contributed by atoms with E-state index < -0.39 is 6.10 Å². The molecule has 5 heteroatoms. The monoisotopic (exact) mass is 290 g/mol. The van der Waals surface area contributed by atoms with Crippen molar-refractivity contribution in [3.63, 3.8) is 0 Å². The summed E-state index contributed by atoms with van der Waals surface area (Å²) in [5, 5.41) is 31.2. The van der Waals surface area contributed by atoms with Crippen LogP contribution in [0.4, 0.5) is 0 Å². The minimum Gasteiger partial charge on any atom is -0.491 e. The molecule has 21 heavy (non-hydrogen) atoms. The molecular formula is C16H22N2O3. The average molecular weight is 290 g/mol. The lowest BCUT2D eigenvalue weighted by atomic mass is 10.1. The van der Waals surface area contributed by atoms with Crippen LogP contribution in [0.1, 0.15) is 24.8 Å². The number of nitriles is 1. The molecule has 1 aliphatic rings. The van der Waals surface area contributed by atoms with Gasteiger partial charge in [-0.05, 0) is 43.0 Å².